The van der Waals surface area contributed by atoms with Crippen LogP contribution < -0.4 is 17.3 Å². The van der Waals surface area contributed by atoms with Crippen LogP contribution in [0, 0.1) is 0 Å². The van der Waals surface area contributed by atoms with E-state index in [-0.39, 0.29) is 5.95 Å². The van der Waals surface area contributed by atoms with E-state index in [1.54, 1.807) is 6.07 Å². The Morgan fingerprint density at radius 2 is 1.79 bits per heavy atom. The number of aromatic nitrogens is 3. The number of nitrogens with two attached hydrogens (primary N) is 3. The van der Waals surface area contributed by atoms with Crippen molar-refractivity contribution in [3.63, 3.8) is 0 Å². The summed E-state index contributed by atoms with van der Waals surface area (Å²) < 4.78 is 1.20. The lowest BCUT2D eigenvalue weighted by atomic mass is 10.2. The molecule has 0 aliphatic carbocycles. The van der Waals surface area contributed by atoms with Crippen molar-refractivity contribution in [2.75, 3.05) is 17.3 Å². The Morgan fingerprint density at radius 1 is 1.07 bits per heavy atom. The third-order valence-corrected chi connectivity index (χ3v) is 1.92. The zero-order chi connectivity index (χ0) is 10.1. The molecule has 0 saturated heterocycles. The van der Waals surface area contributed by atoms with Crippen LogP contribution in [-0.4, -0.2) is 14.9 Å². The minimum atomic E-state index is 0.156. The van der Waals surface area contributed by atoms with E-state index in [9.17, 15) is 0 Å². The van der Waals surface area contributed by atoms with Crippen LogP contribution in [-0.2, 0) is 0 Å². The molecule has 0 fully saturated rings. The van der Waals surface area contributed by atoms with Crippen LogP contribution in [0.25, 0.3) is 11.4 Å². The molecular weight excluding hydrogens is 180 g/mol. The minimum absolute atomic E-state index is 0.156. The molecule has 0 unspecified atom stereocenters. The second-order valence-electron chi connectivity index (χ2n) is 2.84. The van der Waals surface area contributed by atoms with Crippen molar-refractivity contribution < 1.29 is 0 Å². The molecule has 1 heterocycles. The molecule has 6 N–H and O–H groups in total. The second kappa shape index (κ2) is 2.91. The monoisotopic (exact) mass is 190 g/mol. The fraction of sp³-hybridized carbons (Fsp3) is 0. The fourth-order valence-corrected chi connectivity index (χ4v) is 1.19. The molecule has 6 heteroatoms. The van der Waals surface area contributed by atoms with Gasteiger partial charge in [0.15, 0.2) is 5.82 Å². The molecular formula is C8H10N6. The maximum atomic E-state index is 5.75. The molecule has 1 aromatic heterocycles. The molecule has 6 nitrogen and oxygen atoms in total. The van der Waals surface area contributed by atoms with Crippen molar-refractivity contribution >= 4 is 11.6 Å². The molecule has 0 bridgehead atoms. The van der Waals surface area contributed by atoms with Gasteiger partial charge in [-0.1, -0.05) is 12.1 Å². The van der Waals surface area contributed by atoms with Crippen molar-refractivity contribution in [2.24, 2.45) is 0 Å². The molecule has 14 heavy (non-hydrogen) atoms. The first-order valence-corrected chi connectivity index (χ1v) is 4.01. The number of rotatable bonds is 1. The Balaban J connectivity index is 2.60. The summed E-state index contributed by atoms with van der Waals surface area (Å²) in [5.41, 5.74) is 12.5. The number of hydrogen-bond donors (Lipinski definition) is 3. The lowest BCUT2D eigenvalue weighted by molar-refractivity contribution is 1.02. The van der Waals surface area contributed by atoms with E-state index in [4.69, 9.17) is 17.3 Å². The van der Waals surface area contributed by atoms with Gasteiger partial charge in [0.25, 0.3) is 0 Å². The summed E-state index contributed by atoms with van der Waals surface area (Å²) in [4.78, 5) is 0. The van der Waals surface area contributed by atoms with Crippen LogP contribution in [0.4, 0.5) is 11.6 Å². The average molecular weight is 190 g/mol. The summed E-state index contributed by atoms with van der Waals surface area (Å²) in [7, 11) is 0. The first-order valence-electron chi connectivity index (χ1n) is 4.01. The first kappa shape index (κ1) is 8.36. The highest BCUT2D eigenvalue weighted by Crippen LogP contribution is 2.23. The van der Waals surface area contributed by atoms with Gasteiger partial charge in [0, 0.05) is 11.3 Å². The Morgan fingerprint density at radius 3 is 2.36 bits per heavy atom. The predicted octanol–water partition coefficient (Wildman–Crippen LogP) is -0.177. The standard InChI is InChI=1S/C8H10N6/c9-6-4-2-1-3-5(6)7-12-13-8(10)14(7)11/h1-4H,9,11H2,(H2,10,13). The summed E-state index contributed by atoms with van der Waals surface area (Å²) in [6.07, 6.45) is 0. The van der Waals surface area contributed by atoms with Crippen LogP contribution in [0.5, 0.6) is 0 Å². The Bertz CT molecular complexity index is 461. The number of nitrogens with zero attached hydrogens (tertiary/aromatic N) is 3. The van der Waals surface area contributed by atoms with Gasteiger partial charge in [-0.15, -0.1) is 10.2 Å². The number of benzene rings is 1. The molecule has 2 rings (SSSR count). The van der Waals surface area contributed by atoms with Gasteiger partial charge in [-0.25, -0.2) is 4.68 Å². The van der Waals surface area contributed by atoms with Crippen molar-refractivity contribution in [2.45, 2.75) is 0 Å². The Kier molecular flexibility index (Phi) is 1.74. The Hall–Kier alpha value is -2.24. The van der Waals surface area contributed by atoms with Gasteiger partial charge in [-0.2, -0.15) is 0 Å². The third kappa shape index (κ3) is 1.13. The lowest BCUT2D eigenvalue weighted by Gasteiger charge is -2.03. The largest absolute Gasteiger partial charge is 0.398 e. The molecule has 0 aliphatic heterocycles. The second-order valence-corrected chi connectivity index (χ2v) is 2.84. The molecule has 0 atom stereocenters. The number of anilines is 2. The topological polar surface area (TPSA) is 109 Å². The normalized spacial score (nSPS) is 10.3. The van der Waals surface area contributed by atoms with Crippen LogP contribution in [0.1, 0.15) is 0 Å². The van der Waals surface area contributed by atoms with E-state index in [1.807, 2.05) is 18.2 Å². The molecule has 0 saturated carbocycles. The maximum absolute atomic E-state index is 5.75. The highest BCUT2D eigenvalue weighted by atomic mass is 15.4. The van der Waals surface area contributed by atoms with E-state index < -0.39 is 0 Å². The van der Waals surface area contributed by atoms with Gasteiger partial charge in [0.1, 0.15) is 0 Å². The summed E-state index contributed by atoms with van der Waals surface area (Å²) in [5, 5.41) is 7.47. The fourth-order valence-electron chi connectivity index (χ4n) is 1.19. The molecule has 0 amide bonds. The molecule has 72 valence electrons. The Labute approximate surface area is 80.3 Å². The van der Waals surface area contributed by atoms with Gasteiger partial charge in [0.05, 0.1) is 0 Å². The van der Waals surface area contributed by atoms with Gasteiger partial charge in [-0.3, -0.25) is 0 Å². The van der Waals surface area contributed by atoms with E-state index in [0.29, 0.717) is 11.5 Å². The molecule has 0 radical (unpaired) electrons. The molecule has 0 aliphatic rings. The molecule has 1 aromatic carbocycles. The summed E-state index contributed by atoms with van der Waals surface area (Å²) in [6, 6.07) is 7.25. The average Bonchev–Trinajstić information content (AvgIpc) is 2.49. The number of para-hydroxylation sites is 1. The van der Waals surface area contributed by atoms with Gasteiger partial charge in [0.2, 0.25) is 5.95 Å². The highest BCUT2D eigenvalue weighted by molar-refractivity contribution is 5.72. The smallest absolute Gasteiger partial charge is 0.241 e. The minimum Gasteiger partial charge on any atom is -0.398 e. The maximum Gasteiger partial charge on any atom is 0.241 e. The van der Waals surface area contributed by atoms with Crippen molar-refractivity contribution in [3.05, 3.63) is 24.3 Å². The quantitative estimate of drug-likeness (QED) is 0.427. The van der Waals surface area contributed by atoms with Gasteiger partial charge in [-0.05, 0) is 12.1 Å². The summed E-state index contributed by atoms with van der Waals surface area (Å²) in [6.45, 7) is 0. The van der Waals surface area contributed by atoms with Gasteiger partial charge < -0.3 is 17.3 Å². The summed E-state index contributed by atoms with van der Waals surface area (Å²) >= 11 is 0. The predicted molar refractivity (Wildman–Crippen MR) is 54.4 cm³/mol. The first-order chi connectivity index (χ1) is 6.70. The van der Waals surface area contributed by atoms with Gasteiger partial charge >= 0.3 is 0 Å². The zero-order valence-electron chi connectivity index (χ0n) is 7.38. The molecule has 0 spiro atoms. The van der Waals surface area contributed by atoms with Crippen LogP contribution in [0.2, 0.25) is 0 Å². The van der Waals surface area contributed by atoms with Crippen LogP contribution in [0.15, 0.2) is 24.3 Å². The van der Waals surface area contributed by atoms with Crippen molar-refractivity contribution in [3.8, 4) is 11.4 Å². The van der Waals surface area contributed by atoms with Crippen molar-refractivity contribution in [1.29, 1.82) is 0 Å². The van der Waals surface area contributed by atoms with E-state index >= 15 is 0 Å². The summed E-state index contributed by atoms with van der Waals surface area (Å²) in [5.74, 6) is 6.23. The lowest BCUT2D eigenvalue weighted by Crippen LogP contribution is -2.13. The van der Waals surface area contributed by atoms with E-state index in [0.717, 1.165) is 5.56 Å². The third-order valence-electron chi connectivity index (χ3n) is 1.92. The number of hydrogen-bond acceptors (Lipinski definition) is 5. The van der Waals surface area contributed by atoms with Crippen molar-refractivity contribution in [1.82, 2.24) is 14.9 Å². The highest BCUT2D eigenvalue weighted by Gasteiger charge is 2.10. The van der Waals surface area contributed by atoms with Crippen LogP contribution >= 0.6 is 0 Å². The van der Waals surface area contributed by atoms with E-state index in [2.05, 4.69) is 10.2 Å². The number of nitrogen functional groups attached to an aromatic ring is 3. The zero-order valence-corrected chi connectivity index (χ0v) is 7.38. The van der Waals surface area contributed by atoms with E-state index in [1.165, 1.54) is 4.68 Å². The molecule has 2 aromatic rings. The SMILES string of the molecule is Nc1ccccc1-c1nnc(N)n1N. The van der Waals surface area contributed by atoms with Crippen LogP contribution in [0.3, 0.4) is 0 Å².